The molecule has 0 amide bonds. The summed E-state index contributed by atoms with van der Waals surface area (Å²) in [7, 11) is 0. The second kappa shape index (κ2) is 5.78. The van der Waals surface area contributed by atoms with Crippen LogP contribution in [0.4, 0.5) is 0 Å². The van der Waals surface area contributed by atoms with Crippen molar-refractivity contribution in [3.63, 3.8) is 0 Å². The molecule has 0 fully saturated rings. The maximum absolute atomic E-state index is 12.0. The van der Waals surface area contributed by atoms with Gasteiger partial charge in [-0.25, -0.2) is 9.79 Å². The number of carbonyl (C=O) groups is 1. The largest absolute Gasteiger partial charge is 0.402 e. The van der Waals surface area contributed by atoms with Crippen LogP contribution in [0.2, 0.25) is 5.02 Å². The molecular weight excluding hydrogens is 298 g/mol. The lowest BCUT2D eigenvalue weighted by atomic mass is 10.1. The Morgan fingerprint density at radius 3 is 2.59 bits per heavy atom. The highest BCUT2D eigenvalue weighted by atomic mass is 35.5. The van der Waals surface area contributed by atoms with E-state index in [4.69, 9.17) is 16.3 Å². The molecule has 3 nitrogen and oxygen atoms in total. The van der Waals surface area contributed by atoms with E-state index in [2.05, 4.69) is 4.99 Å². The normalized spacial score (nSPS) is 15.9. The first-order chi connectivity index (χ1) is 10.5. The number of carbonyl (C=O) groups excluding carboxylic acids is 1. The van der Waals surface area contributed by atoms with Crippen LogP contribution in [0.5, 0.6) is 0 Å². The number of nitrogens with zero attached hydrogens (tertiary/aromatic N) is 1. The Hall–Kier alpha value is -2.39. The summed E-state index contributed by atoms with van der Waals surface area (Å²) in [4.78, 5) is 16.3. The molecule has 0 bridgehead atoms. The van der Waals surface area contributed by atoms with Crippen molar-refractivity contribution in [2.24, 2.45) is 4.99 Å². The Morgan fingerprint density at radius 2 is 1.86 bits per heavy atom. The van der Waals surface area contributed by atoms with Crippen molar-refractivity contribution in [1.82, 2.24) is 0 Å². The van der Waals surface area contributed by atoms with E-state index < -0.39 is 5.97 Å². The number of benzene rings is 2. The van der Waals surface area contributed by atoms with Gasteiger partial charge in [-0.15, -0.1) is 0 Å². The molecule has 4 heteroatoms. The summed E-state index contributed by atoms with van der Waals surface area (Å²) in [5, 5.41) is 0.567. The molecule has 1 heterocycles. The van der Waals surface area contributed by atoms with E-state index in [1.165, 1.54) is 5.56 Å². The number of esters is 1. The van der Waals surface area contributed by atoms with Gasteiger partial charge in [0.1, 0.15) is 0 Å². The number of cyclic esters (lactones) is 1. The highest BCUT2D eigenvalue weighted by Crippen LogP contribution is 2.23. The quantitative estimate of drug-likeness (QED) is 0.612. The predicted octanol–water partition coefficient (Wildman–Crippen LogP) is 4.30. The zero-order valence-corrected chi connectivity index (χ0v) is 13.0. The van der Waals surface area contributed by atoms with Crippen molar-refractivity contribution in [2.45, 2.75) is 13.8 Å². The Bertz CT molecular complexity index is 822. The number of ether oxygens (including phenoxy) is 1. The molecule has 0 saturated carbocycles. The minimum Gasteiger partial charge on any atom is -0.402 e. The van der Waals surface area contributed by atoms with Crippen LogP contribution in [-0.4, -0.2) is 11.9 Å². The van der Waals surface area contributed by atoms with Crippen LogP contribution in [-0.2, 0) is 9.53 Å². The van der Waals surface area contributed by atoms with E-state index >= 15 is 0 Å². The maximum atomic E-state index is 12.0. The lowest BCUT2D eigenvalue weighted by Gasteiger charge is -2.03. The Labute approximate surface area is 133 Å². The fourth-order valence-corrected chi connectivity index (χ4v) is 2.34. The molecule has 2 aromatic carbocycles. The number of hydrogen-bond acceptors (Lipinski definition) is 3. The molecule has 0 aromatic heterocycles. The second-order valence-electron chi connectivity index (χ2n) is 5.16. The zero-order valence-electron chi connectivity index (χ0n) is 12.3. The van der Waals surface area contributed by atoms with Gasteiger partial charge in [0.25, 0.3) is 0 Å². The van der Waals surface area contributed by atoms with Crippen LogP contribution in [0.15, 0.2) is 53.2 Å². The molecule has 1 aliphatic rings. The van der Waals surface area contributed by atoms with Gasteiger partial charge in [-0.1, -0.05) is 35.9 Å². The van der Waals surface area contributed by atoms with E-state index in [1.54, 1.807) is 12.1 Å². The molecule has 0 N–H and O–H groups in total. The van der Waals surface area contributed by atoms with Crippen LogP contribution in [0.3, 0.4) is 0 Å². The number of halogens is 1. The van der Waals surface area contributed by atoms with Gasteiger partial charge in [-0.3, -0.25) is 0 Å². The summed E-state index contributed by atoms with van der Waals surface area (Å²) >= 11 is 6.10. The van der Waals surface area contributed by atoms with Crippen LogP contribution < -0.4 is 0 Å². The van der Waals surface area contributed by atoms with E-state index in [0.717, 1.165) is 16.7 Å². The summed E-state index contributed by atoms with van der Waals surface area (Å²) in [6.45, 7) is 4.04. The highest BCUT2D eigenvalue weighted by molar-refractivity contribution is 6.32. The fourth-order valence-electron chi connectivity index (χ4n) is 2.15. The maximum Gasteiger partial charge on any atom is 0.363 e. The first-order valence-corrected chi connectivity index (χ1v) is 7.27. The number of aliphatic imine (C=N–C) groups is 1. The van der Waals surface area contributed by atoms with Gasteiger partial charge in [-0.05, 0) is 54.8 Å². The summed E-state index contributed by atoms with van der Waals surface area (Å²) in [5.41, 5.74) is 4.09. The minimum atomic E-state index is -0.465. The minimum absolute atomic E-state index is 0.251. The standard InChI is InChI=1S/C18H14ClNO2/c1-11-7-8-14(9-12(11)2)17-20-16(18(21)22-17)10-13-5-3-4-6-15(13)19/h3-10H,1-2H3/b16-10-. The highest BCUT2D eigenvalue weighted by Gasteiger charge is 2.24. The van der Waals surface area contributed by atoms with Gasteiger partial charge >= 0.3 is 5.97 Å². The van der Waals surface area contributed by atoms with Crippen molar-refractivity contribution in [3.8, 4) is 0 Å². The van der Waals surface area contributed by atoms with Crippen molar-refractivity contribution in [3.05, 3.63) is 75.4 Å². The van der Waals surface area contributed by atoms with Gasteiger partial charge in [0.05, 0.1) is 0 Å². The first-order valence-electron chi connectivity index (χ1n) is 6.89. The molecule has 3 rings (SSSR count). The van der Waals surface area contributed by atoms with E-state index in [1.807, 2.05) is 50.2 Å². The summed E-state index contributed by atoms with van der Waals surface area (Å²) < 4.78 is 5.27. The third kappa shape index (κ3) is 2.81. The van der Waals surface area contributed by atoms with Crippen LogP contribution in [0.1, 0.15) is 22.3 Å². The monoisotopic (exact) mass is 311 g/mol. The molecule has 22 heavy (non-hydrogen) atoms. The topological polar surface area (TPSA) is 38.7 Å². The molecule has 0 radical (unpaired) electrons. The Morgan fingerprint density at radius 1 is 1.09 bits per heavy atom. The van der Waals surface area contributed by atoms with Crippen LogP contribution >= 0.6 is 11.6 Å². The summed E-state index contributed by atoms with van der Waals surface area (Å²) in [6, 6.07) is 13.1. The van der Waals surface area contributed by atoms with Crippen molar-refractivity contribution in [1.29, 1.82) is 0 Å². The Balaban J connectivity index is 1.98. The Kier molecular flexibility index (Phi) is 3.82. The average Bonchev–Trinajstić information content (AvgIpc) is 2.85. The van der Waals surface area contributed by atoms with Gasteiger partial charge < -0.3 is 4.74 Å². The first kappa shape index (κ1) is 14.5. The smallest absolute Gasteiger partial charge is 0.363 e. The van der Waals surface area contributed by atoms with Crippen molar-refractivity contribution >= 4 is 29.5 Å². The lowest BCUT2D eigenvalue weighted by Crippen LogP contribution is -2.05. The van der Waals surface area contributed by atoms with Crippen molar-refractivity contribution in [2.75, 3.05) is 0 Å². The van der Waals surface area contributed by atoms with Gasteiger partial charge in [-0.2, -0.15) is 0 Å². The fraction of sp³-hybridized carbons (Fsp3) is 0.111. The van der Waals surface area contributed by atoms with Crippen LogP contribution in [0, 0.1) is 13.8 Å². The SMILES string of the molecule is Cc1ccc(C2=N/C(=C\c3ccccc3Cl)C(=O)O2)cc1C. The van der Waals surface area contributed by atoms with Crippen molar-refractivity contribution < 1.29 is 9.53 Å². The molecule has 110 valence electrons. The van der Waals surface area contributed by atoms with Crippen LogP contribution in [0.25, 0.3) is 6.08 Å². The summed E-state index contributed by atoms with van der Waals surface area (Å²) in [6.07, 6.45) is 1.64. The predicted molar refractivity (Wildman–Crippen MR) is 88.0 cm³/mol. The third-order valence-corrected chi connectivity index (χ3v) is 3.92. The number of hydrogen-bond donors (Lipinski definition) is 0. The molecule has 1 aliphatic heterocycles. The molecule has 0 unspecified atom stereocenters. The van der Waals surface area contributed by atoms with Gasteiger partial charge in [0.15, 0.2) is 5.70 Å². The van der Waals surface area contributed by atoms with E-state index in [9.17, 15) is 4.79 Å². The molecule has 0 spiro atoms. The second-order valence-corrected chi connectivity index (χ2v) is 5.56. The molecule has 0 atom stereocenters. The molecular formula is C18H14ClNO2. The average molecular weight is 312 g/mol. The molecule has 0 saturated heterocycles. The van der Waals surface area contributed by atoms with Gasteiger partial charge in [0, 0.05) is 10.6 Å². The number of aryl methyl sites for hydroxylation is 2. The van der Waals surface area contributed by atoms with Gasteiger partial charge in [0.2, 0.25) is 5.90 Å². The summed E-state index contributed by atoms with van der Waals surface area (Å²) in [5.74, 6) is -0.139. The van der Waals surface area contributed by atoms with E-state index in [-0.39, 0.29) is 5.70 Å². The molecule has 0 aliphatic carbocycles. The molecule has 2 aromatic rings. The number of rotatable bonds is 2. The lowest BCUT2D eigenvalue weighted by molar-refractivity contribution is -0.129. The van der Waals surface area contributed by atoms with E-state index in [0.29, 0.717) is 10.9 Å². The zero-order chi connectivity index (χ0) is 15.7. The third-order valence-electron chi connectivity index (χ3n) is 3.57.